The monoisotopic (exact) mass is 268 g/mol. The van der Waals surface area contributed by atoms with Crippen molar-refractivity contribution in [2.75, 3.05) is 19.6 Å². The average molecular weight is 268 g/mol. The predicted octanol–water partition coefficient (Wildman–Crippen LogP) is 2.33. The van der Waals surface area contributed by atoms with Crippen LogP contribution in [-0.2, 0) is 4.79 Å². The summed E-state index contributed by atoms with van der Waals surface area (Å²) in [6.45, 7) is 6.15. The molecule has 0 aliphatic heterocycles. The Balaban J connectivity index is 2.72. The molecule has 0 aromatic heterocycles. The Morgan fingerprint density at radius 1 is 1.32 bits per heavy atom. The smallest absolute Gasteiger partial charge is 0.323 e. The number of aliphatic carboxylic acids is 1. The summed E-state index contributed by atoms with van der Waals surface area (Å²) in [6, 6.07) is 0.0732. The Kier molecular flexibility index (Phi) is 6.39. The maximum Gasteiger partial charge on any atom is 0.323 e. The molecular weight excluding hydrogens is 244 g/mol. The lowest BCUT2D eigenvalue weighted by Gasteiger charge is -2.36. The number of carboxylic acid groups (broad SMARTS) is 1. The minimum atomic E-state index is -0.991. The molecule has 0 atom stereocenters. The third-order valence-corrected chi connectivity index (χ3v) is 3.55. The lowest BCUT2D eigenvalue weighted by Crippen LogP contribution is -2.50. The summed E-state index contributed by atoms with van der Waals surface area (Å²) in [5.74, 6) is -0.991. The molecule has 0 radical (unpaired) electrons. The van der Waals surface area contributed by atoms with Crippen molar-refractivity contribution in [2.24, 2.45) is 0 Å². The molecule has 1 fully saturated rings. The standard InChI is InChI=1S/C14H24N2O3/c1-3-10-15(11-13(17)18)14(19)16(4-2)12-8-6-5-7-9-12/h3,12H,1,4-11H2,2H3,(H,17,18). The van der Waals surface area contributed by atoms with Gasteiger partial charge in [-0.15, -0.1) is 6.58 Å². The van der Waals surface area contributed by atoms with E-state index in [-0.39, 0.29) is 25.2 Å². The lowest BCUT2D eigenvalue weighted by molar-refractivity contribution is -0.137. The normalized spacial score (nSPS) is 15.8. The van der Waals surface area contributed by atoms with Crippen molar-refractivity contribution in [3.8, 4) is 0 Å². The highest BCUT2D eigenvalue weighted by molar-refractivity contribution is 5.80. The second-order valence-electron chi connectivity index (χ2n) is 4.92. The largest absolute Gasteiger partial charge is 0.480 e. The number of carboxylic acids is 1. The zero-order valence-corrected chi connectivity index (χ0v) is 11.7. The fourth-order valence-corrected chi connectivity index (χ4v) is 2.65. The maximum atomic E-state index is 12.4. The van der Waals surface area contributed by atoms with Crippen molar-refractivity contribution in [3.05, 3.63) is 12.7 Å². The van der Waals surface area contributed by atoms with Gasteiger partial charge in [0.2, 0.25) is 0 Å². The van der Waals surface area contributed by atoms with Gasteiger partial charge in [-0.25, -0.2) is 4.79 Å². The van der Waals surface area contributed by atoms with Crippen LogP contribution in [0.15, 0.2) is 12.7 Å². The number of nitrogens with zero attached hydrogens (tertiary/aromatic N) is 2. The summed E-state index contributed by atoms with van der Waals surface area (Å²) in [6.07, 6.45) is 7.14. The first kappa shape index (κ1) is 15.5. The van der Waals surface area contributed by atoms with E-state index in [1.807, 2.05) is 11.8 Å². The maximum absolute atomic E-state index is 12.4. The van der Waals surface area contributed by atoms with E-state index >= 15 is 0 Å². The molecule has 0 spiro atoms. The van der Waals surface area contributed by atoms with Gasteiger partial charge in [0.25, 0.3) is 0 Å². The fourth-order valence-electron chi connectivity index (χ4n) is 2.65. The van der Waals surface area contributed by atoms with Gasteiger partial charge < -0.3 is 14.9 Å². The molecule has 0 unspecified atom stereocenters. The number of rotatable bonds is 6. The third-order valence-electron chi connectivity index (χ3n) is 3.55. The minimum absolute atomic E-state index is 0.184. The van der Waals surface area contributed by atoms with Crippen LogP contribution in [0, 0.1) is 0 Å². The summed E-state index contributed by atoms with van der Waals surface area (Å²) in [5.41, 5.74) is 0. The van der Waals surface area contributed by atoms with Gasteiger partial charge in [0.1, 0.15) is 6.54 Å². The molecule has 1 aliphatic carbocycles. The van der Waals surface area contributed by atoms with Crippen LogP contribution in [0.4, 0.5) is 4.79 Å². The van der Waals surface area contributed by atoms with Crippen molar-refractivity contribution in [1.29, 1.82) is 0 Å². The molecule has 1 rings (SSSR count). The first-order valence-electron chi connectivity index (χ1n) is 6.98. The number of carbonyl (C=O) groups excluding carboxylic acids is 1. The Morgan fingerprint density at radius 3 is 2.42 bits per heavy atom. The van der Waals surface area contributed by atoms with E-state index in [0.717, 1.165) is 25.7 Å². The van der Waals surface area contributed by atoms with Crippen molar-refractivity contribution in [2.45, 2.75) is 45.1 Å². The van der Waals surface area contributed by atoms with E-state index in [0.29, 0.717) is 6.54 Å². The molecule has 0 saturated heterocycles. The van der Waals surface area contributed by atoms with Crippen LogP contribution in [-0.4, -0.2) is 52.6 Å². The first-order valence-corrected chi connectivity index (χ1v) is 6.98. The van der Waals surface area contributed by atoms with Gasteiger partial charge in [0, 0.05) is 19.1 Å². The van der Waals surface area contributed by atoms with Crippen LogP contribution < -0.4 is 0 Å². The predicted molar refractivity (Wildman–Crippen MR) is 74.1 cm³/mol. The fraction of sp³-hybridized carbons (Fsp3) is 0.714. The molecule has 1 N–H and O–H groups in total. The van der Waals surface area contributed by atoms with E-state index in [1.54, 1.807) is 6.08 Å². The molecule has 5 heteroatoms. The number of carbonyl (C=O) groups is 2. The highest BCUT2D eigenvalue weighted by atomic mass is 16.4. The molecule has 0 bridgehead atoms. The molecular formula is C14H24N2O3. The number of hydrogen-bond donors (Lipinski definition) is 1. The van der Waals surface area contributed by atoms with Crippen LogP contribution in [0.2, 0.25) is 0 Å². The average Bonchev–Trinajstić information content (AvgIpc) is 2.39. The van der Waals surface area contributed by atoms with E-state index in [1.165, 1.54) is 11.3 Å². The second-order valence-corrected chi connectivity index (χ2v) is 4.92. The minimum Gasteiger partial charge on any atom is -0.480 e. The lowest BCUT2D eigenvalue weighted by atomic mass is 9.94. The molecule has 1 aliphatic rings. The topological polar surface area (TPSA) is 60.9 Å². The molecule has 2 amide bonds. The molecule has 0 aromatic rings. The van der Waals surface area contributed by atoms with Gasteiger partial charge in [-0.05, 0) is 19.8 Å². The summed E-state index contributed by atoms with van der Waals surface area (Å²) in [7, 11) is 0. The van der Waals surface area contributed by atoms with Crippen molar-refractivity contribution < 1.29 is 14.7 Å². The molecule has 108 valence electrons. The Bertz CT molecular complexity index is 325. The number of urea groups is 1. The molecule has 0 aromatic carbocycles. The van der Waals surface area contributed by atoms with Crippen molar-refractivity contribution >= 4 is 12.0 Å². The van der Waals surface area contributed by atoms with Crippen LogP contribution in [0.25, 0.3) is 0 Å². The van der Waals surface area contributed by atoms with Crippen LogP contribution in [0.3, 0.4) is 0 Å². The third kappa shape index (κ3) is 4.58. The Morgan fingerprint density at radius 2 is 1.95 bits per heavy atom. The quantitative estimate of drug-likeness (QED) is 0.752. The van der Waals surface area contributed by atoms with Gasteiger partial charge in [0.05, 0.1) is 0 Å². The zero-order valence-electron chi connectivity index (χ0n) is 11.7. The Hall–Kier alpha value is -1.52. The zero-order chi connectivity index (χ0) is 14.3. The molecule has 0 heterocycles. The van der Waals surface area contributed by atoms with Crippen LogP contribution >= 0.6 is 0 Å². The van der Waals surface area contributed by atoms with Crippen LogP contribution in [0.5, 0.6) is 0 Å². The van der Waals surface area contributed by atoms with Gasteiger partial charge in [0.15, 0.2) is 0 Å². The SMILES string of the molecule is C=CCN(CC(=O)O)C(=O)N(CC)C1CCCCC1. The highest BCUT2D eigenvalue weighted by Crippen LogP contribution is 2.23. The van der Waals surface area contributed by atoms with Gasteiger partial charge >= 0.3 is 12.0 Å². The molecule has 5 nitrogen and oxygen atoms in total. The van der Waals surface area contributed by atoms with E-state index in [4.69, 9.17) is 5.11 Å². The summed E-state index contributed by atoms with van der Waals surface area (Å²) >= 11 is 0. The second kappa shape index (κ2) is 7.81. The molecule has 19 heavy (non-hydrogen) atoms. The van der Waals surface area contributed by atoms with Gasteiger partial charge in [-0.3, -0.25) is 4.79 Å². The number of hydrogen-bond acceptors (Lipinski definition) is 2. The van der Waals surface area contributed by atoms with Crippen LogP contribution in [0.1, 0.15) is 39.0 Å². The highest BCUT2D eigenvalue weighted by Gasteiger charge is 2.28. The van der Waals surface area contributed by atoms with Gasteiger partial charge in [-0.2, -0.15) is 0 Å². The van der Waals surface area contributed by atoms with Crippen molar-refractivity contribution in [1.82, 2.24) is 9.80 Å². The molecule has 1 saturated carbocycles. The first-order chi connectivity index (χ1) is 9.10. The Labute approximate surface area is 114 Å². The summed E-state index contributed by atoms with van der Waals surface area (Å²) in [5, 5.41) is 8.88. The van der Waals surface area contributed by atoms with E-state index < -0.39 is 5.97 Å². The van der Waals surface area contributed by atoms with Gasteiger partial charge in [-0.1, -0.05) is 25.3 Å². The number of amides is 2. The van der Waals surface area contributed by atoms with E-state index in [2.05, 4.69) is 6.58 Å². The van der Waals surface area contributed by atoms with E-state index in [9.17, 15) is 9.59 Å². The van der Waals surface area contributed by atoms with Crippen molar-refractivity contribution in [3.63, 3.8) is 0 Å². The summed E-state index contributed by atoms with van der Waals surface area (Å²) in [4.78, 5) is 26.4. The summed E-state index contributed by atoms with van der Waals surface area (Å²) < 4.78 is 0.